The van der Waals surface area contributed by atoms with Crippen molar-refractivity contribution in [2.24, 2.45) is 0 Å². The fourth-order valence-electron chi connectivity index (χ4n) is 8.88. The number of rotatable bonds is 12. The molecule has 0 bridgehead atoms. The van der Waals surface area contributed by atoms with Gasteiger partial charge in [-0.3, -0.25) is 0 Å². The zero-order valence-corrected chi connectivity index (χ0v) is 37.6. The van der Waals surface area contributed by atoms with Gasteiger partial charge in [-0.05, 0) is 186 Å². The molecule has 0 aliphatic rings. The highest BCUT2D eigenvalue weighted by atomic mass is 15.2. The predicted molar refractivity (Wildman–Crippen MR) is 274 cm³/mol. The molecule has 0 radical (unpaired) electrons. The van der Waals surface area contributed by atoms with Crippen LogP contribution in [0.15, 0.2) is 218 Å². The quantitative estimate of drug-likeness (QED) is 0.122. The molecule has 0 atom stereocenters. The molecule has 0 unspecified atom stereocenters. The van der Waals surface area contributed by atoms with Crippen molar-refractivity contribution in [3.63, 3.8) is 0 Å². The molecular formula is C60H54N4. The first kappa shape index (κ1) is 41.5. The topological polar surface area (TPSA) is 13.0 Å². The molecule has 0 fully saturated rings. The molecule has 314 valence electrons. The van der Waals surface area contributed by atoms with E-state index in [-0.39, 0.29) is 0 Å². The molecule has 0 aliphatic carbocycles. The monoisotopic (exact) mass is 830 g/mol. The zero-order valence-electron chi connectivity index (χ0n) is 37.6. The lowest BCUT2D eigenvalue weighted by molar-refractivity contribution is 1.22. The average molecular weight is 831 g/mol. The summed E-state index contributed by atoms with van der Waals surface area (Å²) in [6, 6.07) is 78.9. The number of nitrogens with zero attached hydrogens (tertiary/aromatic N) is 4. The van der Waals surface area contributed by atoms with E-state index < -0.39 is 0 Å². The van der Waals surface area contributed by atoms with Crippen LogP contribution in [-0.2, 0) is 0 Å². The van der Waals surface area contributed by atoms with Gasteiger partial charge < -0.3 is 19.6 Å². The van der Waals surface area contributed by atoms with Crippen LogP contribution in [0.1, 0.15) is 33.4 Å². The van der Waals surface area contributed by atoms with E-state index in [9.17, 15) is 0 Å². The van der Waals surface area contributed by atoms with Crippen LogP contribution in [0.4, 0.5) is 68.2 Å². The van der Waals surface area contributed by atoms with Crippen LogP contribution in [0.3, 0.4) is 0 Å². The second kappa shape index (κ2) is 18.3. The van der Waals surface area contributed by atoms with Crippen molar-refractivity contribution in [3.8, 4) is 0 Å². The van der Waals surface area contributed by atoms with E-state index in [0.29, 0.717) is 0 Å². The van der Waals surface area contributed by atoms with E-state index in [0.717, 1.165) is 68.2 Å². The number of anilines is 12. The second-order valence-corrected chi connectivity index (χ2v) is 16.8. The van der Waals surface area contributed by atoms with Crippen molar-refractivity contribution in [3.05, 3.63) is 252 Å². The van der Waals surface area contributed by atoms with Crippen LogP contribution >= 0.6 is 0 Å². The predicted octanol–water partition coefficient (Wildman–Crippen LogP) is 17.4. The lowest BCUT2D eigenvalue weighted by atomic mass is 10.1. The molecule has 0 saturated heterocycles. The van der Waals surface area contributed by atoms with Gasteiger partial charge >= 0.3 is 0 Å². The molecule has 4 nitrogen and oxygen atoms in total. The summed E-state index contributed by atoms with van der Waals surface area (Å²) in [5.41, 5.74) is 20.7. The first-order valence-electron chi connectivity index (χ1n) is 22.1. The van der Waals surface area contributed by atoms with Crippen LogP contribution in [0, 0.1) is 41.5 Å². The first-order valence-corrected chi connectivity index (χ1v) is 22.1. The van der Waals surface area contributed by atoms with Gasteiger partial charge in [-0.1, -0.05) is 108 Å². The van der Waals surface area contributed by atoms with Gasteiger partial charge in [0.1, 0.15) is 0 Å². The Labute approximate surface area is 379 Å². The Morgan fingerprint density at radius 3 is 0.625 bits per heavy atom. The third-order valence-electron chi connectivity index (χ3n) is 11.9. The maximum absolute atomic E-state index is 2.36. The highest BCUT2D eigenvalue weighted by molar-refractivity contribution is 5.86. The lowest BCUT2D eigenvalue weighted by Gasteiger charge is -2.31. The highest BCUT2D eigenvalue weighted by Gasteiger charge is 2.21. The van der Waals surface area contributed by atoms with Crippen molar-refractivity contribution >= 4 is 68.2 Å². The van der Waals surface area contributed by atoms with Gasteiger partial charge in [0.05, 0.1) is 0 Å². The van der Waals surface area contributed by atoms with Gasteiger partial charge in [0.15, 0.2) is 0 Å². The molecular weight excluding hydrogens is 777 g/mol. The standard InChI is InChI=1S/C60H54N4/c1-43-22-37-58(46(4)40-43)62(49-16-10-7-11-17-49)55-31-25-52(26-32-55)61(53-27-33-56(34-28-53)63(50-18-12-8-13-19-50)59-38-23-44(2)41-47(59)5)54-29-35-57(36-30-54)64(51-20-14-9-15-21-51)60-39-24-45(3)42-48(60)6/h7-42H,1-6H3. The van der Waals surface area contributed by atoms with Crippen LogP contribution < -0.4 is 19.6 Å². The van der Waals surface area contributed by atoms with Gasteiger partial charge in [0, 0.05) is 68.2 Å². The minimum atomic E-state index is 1.06. The third-order valence-corrected chi connectivity index (χ3v) is 11.9. The Hall–Kier alpha value is -7.82. The van der Waals surface area contributed by atoms with Gasteiger partial charge in [-0.25, -0.2) is 0 Å². The molecule has 0 aliphatic heterocycles. The molecule has 4 heteroatoms. The number of benzene rings is 9. The summed E-state index contributed by atoms with van der Waals surface area (Å²) in [5, 5.41) is 0. The summed E-state index contributed by atoms with van der Waals surface area (Å²) in [7, 11) is 0. The van der Waals surface area contributed by atoms with E-state index >= 15 is 0 Å². The normalized spacial score (nSPS) is 11.0. The third kappa shape index (κ3) is 8.64. The van der Waals surface area contributed by atoms with E-state index in [4.69, 9.17) is 0 Å². The van der Waals surface area contributed by atoms with Crippen LogP contribution in [0.5, 0.6) is 0 Å². The number of aryl methyl sites for hydroxylation is 6. The van der Waals surface area contributed by atoms with Crippen molar-refractivity contribution in [1.29, 1.82) is 0 Å². The maximum atomic E-state index is 2.36. The maximum Gasteiger partial charge on any atom is 0.0490 e. The van der Waals surface area contributed by atoms with Gasteiger partial charge in [0.25, 0.3) is 0 Å². The summed E-state index contributed by atoms with van der Waals surface area (Å²) in [6.45, 7) is 13.0. The Balaban J connectivity index is 1.15. The molecule has 0 amide bonds. The Morgan fingerprint density at radius 2 is 0.406 bits per heavy atom. The van der Waals surface area contributed by atoms with Gasteiger partial charge in [-0.15, -0.1) is 0 Å². The SMILES string of the molecule is Cc1ccc(N(c2ccccc2)c2ccc(N(c3ccc(N(c4ccccc4)c4ccc(C)cc4C)cc3)c3ccc(N(c4ccccc4)c4ccc(C)cc4C)cc3)cc2)c(C)c1. The molecule has 0 spiro atoms. The summed E-state index contributed by atoms with van der Waals surface area (Å²) in [4.78, 5) is 9.41. The van der Waals surface area contributed by atoms with Crippen LogP contribution in [0.2, 0.25) is 0 Å². The number of hydrogen-bond acceptors (Lipinski definition) is 4. The van der Waals surface area contributed by atoms with E-state index in [2.05, 4.69) is 280 Å². The van der Waals surface area contributed by atoms with Gasteiger partial charge in [-0.2, -0.15) is 0 Å². The molecule has 9 aromatic carbocycles. The highest BCUT2D eigenvalue weighted by Crippen LogP contribution is 2.44. The van der Waals surface area contributed by atoms with Crippen LogP contribution in [0.25, 0.3) is 0 Å². The molecule has 0 N–H and O–H groups in total. The summed E-state index contributed by atoms with van der Waals surface area (Å²) in [6.07, 6.45) is 0. The number of hydrogen-bond donors (Lipinski definition) is 0. The van der Waals surface area contributed by atoms with Crippen molar-refractivity contribution in [2.45, 2.75) is 41.5 Å². The molecule has 0 saturated carbocycles. The van der Waals surface area contributed by atoms with E-state index in [1.54, 1.807) is 0 Å². The average Bonchev–Trinajstić information content (AvgIpc) is 3.31. The largest absolute Gasteiger partial charge is 0.310 e. The summed E-state index contributed by atoms with van der Waals surface area (Å²) in [5.74, 6) is 0. The Bertz CT molecular complexity index is 2650. The van der Waals surface area contributed by atoms with Gasteiger partial charge in [0.2, 0.25) is 0 Å². The molecule has 9 rings (SSSR count). The fraction of sp³-hybridized carbons (Fsp3) is 0.100. The van der Waals surface area contributed by atoms with E-state index in [1.807, 2.05) is 0 Å². The molecule has 0 heterocycles. The molecule has 9 aromatic rings. The van der Waals surface area contributed by atoms with Crippen molar-refractivity contribution in [1.82, 2.24) is 0 Å². The lowest BCUT2D eigenvalue weighted by Crippen LogP contribution is -2.14. The molecule has 0 aromatic heterocycles. The minimum absolute atomic E-state index is 1.06. The zero-order chi connectivity index (χ0) is 44.2. The Kier molecular flexibility index (Phi) is 11.8. The summed E-state index contributed by atoms with van der Waals surface area (Å²) >= 11 is 0. The smallest absolute Gasteiger partial charge is 0.0490 e. The summed E-state index contributed by atoms with van der Waals surface area (Å²) < 4.78 is 0. The molecule has 64 heavy (non-hydrogen) atoms. The van der Waals surface area contributed by atoms with Crippen LogP contribution in [-0.4, -0.2) is 0 Å². The number of para-hydroxylation sites is 3. The van der Waals surface area contributed by atoms with E-state index in [1.165, 1.54) is 33.4 Å². The second-order valence-electron chi connectivity index (χ2n) is 16.8. The minimum Gasteiger partial charge on any atom is -0.310 e. The van der Waals surface area contributed by atoms with Crippen molar-refractivity contribution < 1.29 is 0 Å². The fourth-order valence-corrected chi connectivity index (χ4v) is 8.88. The Morgan fingerprint density at radius 1 is 0.203 bits per heavy atom. The first-order chi connectivity index (χ1) is 31.2. The van der Waals surface area contributed by atoms with Crippen molar-refractivity contribution in [2.75, 3.05) is 19.6 Å².